The van der Waals surface area contributed by atoms with Crippen LogP contribution in [0.15, 0.2) is 21.9 Å². The summed E-state index contributed by atoms with van der Waals surface area (Å²) in [5.41, 5.74) is -0.857. The number of nitrogens with zero attached hydrogens (tertiary/aromatic N) is 2. The summed E-state index contributed by atoms with van der Waals surface area (Å²) in [7, 11) is 1.68. The highest BCUT2D eigenvalue weighted by atomic mass is 32.1. The Bertz CT molecular complexity index is 532. The van der Waals surface area contributed by atoms with E-state index in [1.165, 1.54) is 0 Å². The molecule has 7 heteroatoms. The summed E-state index contributed by atoms with van der Waals surface area (Å²) in [4.78, 5) is 5.19. The molecule has 3 nitrogen and oxygen atoms in total. The summed E-state index contributed by atoms with van der Waals surface area (Å²) in [6.45, 7) is 2.20. The fourth-order valence-electron chi connectivity index (χ4n) is 1.44. The molecule has 0 fully saturated rings. The topological polar surface area (TPSA) is 29.3 Å². The minimum Gasteiger partial charge on any atom is -0.464 e. The minimum absolute atomic E-state index is 0.316. The predicted octanol–water partition coefficient (Wildman–Crippen LogP) is 3.70. The third kappa shape index (κ3) is 2.84. The van der Waals surface area contributed by atoms with Crippen molar-refractivity contribution in [3.8, 4) is 0 Å². The summed E-state index contributed by atoms with van der Waals surface area (Å²) in [5.74, 6) is 1.47. The number of hydrogen-bond donors (Lipinski definition) is 0. The highest BCUT2D eigenvalue weighted by Gasteiger charge is 2.34. The zero-order chi connectivity index (χ0) is 13.3. The number of halogens is 3. The van der Waals surface area contributed by atoms with Gasteiger partial charge in [0.05, 0.1) is 6.54 Å². The standard InChI is InChI=1S/C11H11F3N2OS/c1-7-3-4-8(17-7)5-16(2)10-15-9(6-18-10)11(12,13)14/h3-4,6H,5H2,1-2H3. The van der Waals surface area contributed by atoms with Crippen molar-refractivity contribution in [1.29, 1.82) is 0 Å². The van der Waals surface area contributed by atoms with Crippen molar-refractivity contribution in [1.82, 2.24) is 4.98 Å². The van der Waals surface area contributed by atoms with Crippen LogP contribution in [0.3, 0.4) is 0 Å². The molecule has 2 heterocycles. The van der Waals surface area contributed by atoms with Crippen LogP contribution in [0, 0.1) is 6.92 Å². The Hall–Kier alpha value is -1.50. The second kappa shape index (κ2) is 4.64. The first-order valence-corrected chi connectivity index (χ1v) is 6.03. The molecule has 0 amide bonds. The van der Waals surface area contributed by atoms with Gasteiger partial charge in [0.1, 0.15) is 11.5 Å². The molecule has 0 radical (unpaired) electrons. The molecule has 0 spiro atoms. The third-order valence-corrected chi connectivity index (χ3v) is 3.25. The lowest BCUT2D eigenvalue weighted by molar-refractivity contribution is -0.140. The molecule has 0 aromatic carbocycles. The average Bonchev–Trinajstić information content (AvgIpc) is 2.85. The summed E-state index contributed by atoms with van der Waals surface area (Å²) in [6.07, 6.45) is -4.39. The van der Waals surface area contributed by atoms with E-state index in [4.69, 9.17) is 4.42 Å². The fourth-order valence-corrected chi connectivity index (χ4v) is 2.24. The van der Waals surface area contributed by atoms with Crippen molar-refractivity contribution in [3.05, 3.63) is 34.7 Å². The highest BCUT2D eigenvalue weighted by Crippen LogP contribution is 2.32. The molecule has 0 bridgehead atoms. The van der Waals surface area contributed by atoms with Crippen molar-refractivity contribution in [2.45, 2.75) is 19.6 Å². The lowest BCUT2D eigenvalue weighted by atomic mass is 10.4. The van der Waals surface area contributed by atoms with Crippen LogP contribution in [-0.4, -0.2) is 12.0 Å². The Morgan fingerprint density at radius 3 is 2.61 bits per heavy atom. The predicted molar refractivity (Wildman–Crippen MR) is 62.7 cm³/mol. The molecule has 0 N–H and O–H groups in total. The van der Waals surface area contributed by atoms with Gasteiger partial charge in [-0.05, 0) is 19.1 Å². The first-order chi connectivity index (χ1) is 8.36. The quantitative estimate of drug-likeness (QED) is 0.856. The van der Waals surface area contributed by atoms with E-state index in [-0.39, 0.29) is 0 Å². The third-order valence-electron chi connectivity index (χ3n) is 2.30. The fraction of sp³-hybridized carbons (Fsp3) is 0.364. The van der Waals surface area contributed by atoms with Crippen molar-refractivity contribution < 1.29 is 17.6 Å². The van der Waals surface area contributed by atoms with Gasteiger partial charge in [-0.15, -0.1) is 11.3 Å². The smallest absolute Gasteiger partial charge is 0.434 e. The number of thiazole rings is 1. The summed E-state index contributed by atoms with van der Waals surface area (Å²) < 4.78 is 42.6. The molecule has 0 saturated carbocycles. The molecular weight excluding hydrogens is 265 g/mol. The highest BCUT2D eigenvalue weighted by molar-refractivity contribution is 7.13. The second-order valence-corrected chi connectivity index (χ2v) is 4.72. The number of furan rings is 1. The monoisotopic (exact) mass is 276 g/mol. The van der Waals surface area contributed by atoms with E-state index < -0.39 is 11.9 Å². The van der Waals surface area contributed by atoms with Crippen LogP contribution in [0.1, 0.15) is 17.2 Å². The van der Waals surface area contributed by atoms with Gasteiger partial charge in [-0.3, -0.25) is 0 Å². The van der Waals surface area contributed by atoms with E-state index in [1.54, 1.807) is 18.0 Å². The molecule has 0 saturated heterocycles. The lowest BCUT2D eigenvalue weighted by Gasteiger charge is -2.13. The van der Waals surface area contributed by atoms with E-state index in [0.717, 1.165) is 22.5 Å². The second-order valence-electron chi connectivity index (χ2n) is 3.88. The van der Waals surface area contributed by atoms with Crippen molar-refractivity contribution in [2.75, 3.05) is 11.9 Å². The van der Waals surface area contributed by atoms with Gasteiger partial charge >= 0.3 is 6.18 Å². The average molecular weight is 276 g/mol. The molecule has 0 aliphatic rings. The van der Waals surface area contributed by atoms with Crippen molar-refractivity contribution in [3.63, 3.8) is 0 Å². The first-order valence-electron chi connectivity index (χ1n) is 5.15. The molecular formula is C11H11F3N2OS. The Morgan fingerprint density at radius 2 is 2.11 bits per heavy atom. The van der Waals surface area contributed by atoms with Crippen LogP contribution in [0.4, 0.5) is 18.3 Å². The van der Waals surface area contributed by atoms with E-state index in [0.29, 0.717) is 17.4 Å². The number of aryl methyl sites for hydroxylation is 1. The molecule has 0 unspecified atom stereocenters. The van der Waals surface area contributed by atoms with E-state index in [1.807, 2.05) is 13.0 Å². The Labute approximate surface area is 106 Å². The Morgan fingerprint density at radius 1 is 1.39 bits per heavy atom. The molecule has 2 aromatic rings. The lowest BCUT2D eigenvalue weighted by Crippen LogP contribution is -2.16. The van der Waals surface area contributed by atoms with Gasteiger partial charge in [0, 0.05) is 12.4 Å². The molecule has 0 aliphatic carbocycles. The number of rotatable bonds is 3. The van der Waals surface area contributed by atoms with Gasteiger partial charge in [0.15, 0.2) is 10.8 Å². The van der Waals surface area contributed by atoms with Crippen LogP contribution < -0.4 is 4.90 Å². The van der Waals surface area contributed by atoms with Crippen LogP contribution in [0.5, 0.6) is 0 Å². The SMILES string of the molecule is Cc1ccc(CN(C)c2nc(C(F)(F)F)cs2)o1. The first kappa shape index (κ1) is 12.9. The molecule has 2 aromatic heterocycles. The molecule has 18 heavy (non-hydrogen) atoms. The van der Waals surface area contributed by atoms with Crippen LogP contribution in [0.2, 0.25) is 0 Å². The zero-order valence-electron chi connectivity index (χ0n) is 9.78. The Balaban J connectivity index is 2.09. The van der Waals surface area contributed by atoms with Gasteiger partial charge in [-0.1, -0.05) is 0 Å². The largest absolute Gasteiger partial charge is 0.464 e. The van der Waals surface area contributed by atoms with Crippen LogP contribution in [0.25, 0.3) is 0 Å². The molecule has 2 rings (SSSR count). The van der Waals surface area contributed by atoms with Crippen LogP contribution in [-0.2, 0) is 12.7 Å². The number of hydrogen-bond acceptors (Lipinski definition) is 4. The summed E-state index contributed by atoms with van der Waals surface area (Å²) >= 11 is 0.964. The number of aromatic nitrogens is 1. The van der Waals surface area contributed by atoms with E-state index >= 15 is 0 Å². The van der Waals surface area contributed by atoms with E-state index in [9.17, 15) is 13.2 Å². The van der Waals surface area contributed by atoms with Gasteiger partial charge in [0.2, 0.25) is 0 Å². The van der Waals surface area contributed by atoms with Crippen LogP contribution >= 0.6 is 11.3 Å². The number of anilines is 1. The van der Waals surface area contributed by atoms with Gasteiger partial charge in [0.25, 0.3) is 0 Å². The summed E-state index contributed by atoms with van der Waals surface area (Å²) in [6, 6.07) is 3.61. The van der Waals surface area contributed by atoms with Gasteiger partial charge < -0.3 is 9.32 Å². The van der Waals surface area contributed by atoms with E-state index in [2.05, 4.69) is 4.98 Å². The normalized spacial score (nSPS) is 11.8. The maximum Gasteiger partial charge on any atom is 0.434 e. The molecule has 98 valence electrons. The summed E-state index contributed by atoms with van der Waals surface area (Å²) in [5, 5.41) is 1.33. The minimum atomic E-state index is -4.39. The van der Waals surface area contributed by atoms with Crippen molar-refractivity contribution in [2.24, 2.45) is 0 Å². The van der Waals surface area contributed by atoms with Gasteiger partial charge in [-0.25, -0.2) is 4.98 Å². The van der Waals surface area contributed by atoms with Gasteiger partial charge in [-0.2, -0.15) is 13.2 Å². The molecule has 0 aliphatic heterocycles. The zero-order valence-corrected chi connectivity index (χ0v) is 10.6. The Kier molecular flexibility index (Phi) is 3.34. The maximum atomic E-state index is 12.4. The van der Waals surface area contributed by atoms with Crippen molar-refractivity contribution >= 4 is 16.5 Å². The number of alkyl halides is 3. The maximum absolute atomic E-state index is 12.4. The molecule has 0 atom stereocenters.